The molecule has 0 radical (unpaired) electrons. The molecule has 4 unspecified atom stereocenters. The molecule has 0 aromatic rings. The molecule has 16 heavy (non-hydrogen) atoms. The lowest BCUT2D eigenvalue weighted by atomic mass is 9.69. The topological polar surface area (TPSA) is 26.0 Å². The highest BCUT2D eigenvalue weighted by atomic mass is 14.6. The molecule has 2 rings (SSSR count). The second-order valence-electron chi connectivity index (χ2n) is 6.72. The van der Waals surface area contributed by atoms with Crippen LogP contribution in [0.25, 0.3) is 0 Å². The third kappa shape index (κ3) is 3.23. The zero-order chi connectivity index (χ0) is 11.5. The van der Waals surface area contributed by atoms with Crippen molar-refractivity contribution in [3.05, 3.63) is 0 Å². The highest BCUT2D eigenvalue weighted by Gasteiger charge is 2.31. The Balaban J connectivity index is 1.93. The van der Waals surface area contributed by atoms with Crippen molar-refractivity contribution in [2.75, 3.05) is 0 Å². The Morgan fingerprint density at radius 1 is 0.750 bits per heavy atom. The molecule has 0 aromatic carbocycles. The molecular weight excluding hydrogens is 194 g/mol. The molecule has 0 heterocycles. The van der Waals surface area contributed by atoms with Crippen molar-refractivity contribution in [2.24, 2.45) is 29.4 Å². The van der Waals surface area contributed by atoms with Gasteiger partial charge in [-0.25, -0.2) is 0 Å². The molecule has 2 N–H and O–H groups in total. The van der Waals surface area contributed by atoms with Crippen molar-refractivity contribution >= 4 is 0 Å². The average Bonchev–Trinajstić information content (AvgIpc) is 2.41. The van der Waals surface area contributed by atoms with Gasteiger partial charge in [-0.2, -0.15) is 0 Å². The van der Waals surface area contributed by atoms with E-state index in [1.807, 2.05) is 0 Å². The normalized spacial score (nSPS) is 46.3. The Morgan fingerprint density at radius 3 is 2.06 bits per heavy atom. The van der Waals surface area contributed by atoms with Crippen LogP contribution in [0.15, 0.2) is 0 Å². The third-order valence-corrected chi connectivity index (χ3v) is 4.89. The summed E-state index contributed by atoms with van der Waals surface area (Å²) >= 11 is 0. The lowest BCUT2D eigenvalue weighted by molar-refractivity contribution is 0.146. The lowest BCUT2D eigenvalue weighted by Crippen LogP contribution is -2.30. The first kappa shape index (κ1) is 12.4. The van der Waals surface area contributed by atoms with Gasteiger partial charge in [0.2, 0.25) is 0 Å². The van der Waals surface area contributed by atoms with Crippen LogP contribution in [-0.2, 0) is 0 Å². The zero-order valence-corrected chi connectivity index (χ0v) is 11.1. The van der Waals surface area contributed by atoms with E-state index in [9.17, 15) is 0 Å². The van der Waals surface area contributed by atoms with Gasteiger partial charge in [-0.05, 0) is 55.8 Å². The lowest BCUT2D eigenvalue weighted by Gasteiger charge is -2.37. The van der Waals surface area contributed by atoms with Crippen molar-refractivity contribution in [1.82, 2.24) is 0 Å². The maximum absolute atomic E-state index is 6.20. The number of hydrogen-bond acceptors (Lipinski definition) is 1. The van der Waals surface area contributed by atoms with Gasteiger partial charge in [0, 0.05) is 6.04 Å². The van der Waals surface area contributed by atoms with Crippen LogP contribution < -0.4 is 5.73 Å². The van der Waals surface area contributed by atoms with Gasteiger partial charge in [0.05, 0.1) is 0 Å². The van der Waals surface area contributed by atoms with Gasteiger partial charge in [-0.15, -0.1) is 0 Å². The highest BCUT2D eigenvalue weighted by Crippen LogP contribution is 2.41. The third-order valence-electron chi connectivity index (χ3n) is 4.89. The first-order chi connectivity index (χ1) is 7.65. The molecule has 1 heteroatoms. The van der Waals surface area contributed by atoms with Crippen LogP contribution in [0, 0.1) is 23.7 Å². The van der Waals surface area contributed by atoms with Crippen LogP contribution in [0.2, 0.25) is 0 Å². The summed E-state index contributed by atoms with van der Waals surface area (Å²) in [5.74, 6) is 3.84. The summed E-state index contributed by atoms with van der Waals surface area (Å²) in [4.78, 5) is 0. The summed E-state index contributed by atoms with van der Waals surface area (Å²) in [6.45, 7) is 4.89. The Hall–Kier alpha value is -0.0400. The predicted molar refractivity (Wildman–Crippen MR) is 70.2 cm³/mol. The van der Waals surface area contributed by atoms with Gasteiger partial charge in [-0.1, -0.05) is 33.1 Å². The maximum atomic E-state index is 6.20. The summed E-state index contributed by atoms with van der Waals surface area (Å²) in [7, 11) is 0. The summed E-state index contributed by atoms with van der Waals surface area (Å²) in [6, 6.07) is 0.500. The van der Waals surface area contributed by atoms with Gasteiger partial charge in [0.15, 0.2) is 0 Å². The van der Waals surface area contributed by atoms with Crippen LogP contribution in [0.1, 0.15) is 65.2 Å². The molecule has 2 saturated carbocycles. The Bertz CT molecular complexity index is 203. The number of rotatable bonds is 1. The number of hydrogen-bond donors (Lipinski definition) is 1. The van der Waals surface area contributed by atoms with Crippen molar-refractivity contribution in [3.63, 3.8) is 0 Å². The van der Waals surface area contributed by atoms with Crippen LogP contribution in [-0.4, -0.2) is 6.04 Å². The van der Waals surface area contributed by atoms with E-state index in [4.69, 9.17) is 5.73 Å². The molecule has 0 saturated heterocycles. The molecule has 0 aromatic heterocycles. The van der Waals surface area contributed by atoms with Crippen LogP contribution in [0.5, 0.6) is 0 Å². The quantitative estimate of drug-likeness (QED) is 0.669. The smallest absolute Gasteiger partial charge is 0.00415 e. The Labute approximate surface area is 101 Å². The van der Waals surface area contributed by atoms with E-state index >= 15 is 0 Å². The first-order valence-corrected chi connectivity index (χ1v) is 7.40. The van der Waals surface area contributed by atoms with Crippen molar-refractivity contribution in [1.29, 1.82) is 0 Å². The van der Waals surface area contributed by atoms with Gasteiger partial charge in [0.1, 0.15) is 0 Å². The van der Waals surface area contributed by atoms with Crippen LogP contribution in [0.4, 0.5) is 0 Å². The predicted octanol–water partition coefficient (Wildman–Crippen LogP) is 3.97. The van der Waals surface area contributed by atoms with Gasteiger partial charge in [-0.3, -0.25) is 0 Å². The molecule has 2 fully saturated rings. The van der Waals surface area contributed by atoms with Crippen molar-refractivity contribution in [2.45, 2.75) is 71.3 Å². The van der Waals surface area contributed by atoms with Crippen molar-refractivity contribution in [3.8, 4) is 0 Å². The van der Waals surface area contributed by atoms with Crippen molar-refractivity contribution < 1.29 is 0 Å². The summed E-state index contributed by atoms with van der Waals surface area (Å²) in [5.41, 5.74) is 6.20. The van der Waals surface area contributed by atoms with E-state index in [1.54, 1.807) is 0 Å². The monoisotopic (exact) mass is 223 g/mol. The fourth-order valence-corrected chi connectivity index (χ4v) is 4.26. The fraction of sp³-hybridized carbons (Fsp3) is 1.00. The summed E-state index contributed by atoms with van der Waals surface area (Å²) in [6.07, 6.45) is 11.2. The second kappa shape index (κ2) is 5.53. The van der Waals surface area contributed by atoms with Gasteiger partial charge < -0.3 is 5.73 Å². The first-order valence-electron chi connectivity index (χ1n) is 7.40. The zero-order valence-electron chi connectivity index (χ0n) is 11.1. The molecule has 2 aliphatic carbocycles. The standard InChI is InChI=1S/C15H29N/c1-11-7-12(2)9-14(8-11)13-5-3-4-6-15(16)10-13/h11-15H,3-10,16H2,1-2H3. The van der Waals surface area contributed by atoms with E-state index < -0.39 is 0 Å². The van der Waals surface area contributed by atoms with E-state index in [1.165, 1.54) is 51.4 Å². The maximum Gasteiger partial charge on any atom is 0.00415 e. The molecule has 94 valence electrons. The summed E-state index contributed by atoms with van der Waals surface area (Å²) in [5, 5.41) is 0. The minimum Gasteiger partial charge on any atom is -0.328 e. The molecule has 2 aliphatic rings. The number of nitrogens with two attached hydrogens (primary N) is 1. The molecule has 0 amide bonds. The van der Waals surface area contributed by atoms with Crippen LogP contribution >= 0.6 is 0 Å². The molecule has 0 aliphatic heterocycles. The molecule has 0 bridgehead atoms. The fourth-order valence-electron chi connectivity index (χ4n) is 4.26. The highest BCUT2D eigenvalue weighted by molar-refractivity contribution is 4.83. The molecule has 0 spiro atoms. The largest absolute Gasteiger partial charge is 0.328 e. The van der Waals surface area contributed by atoms with Gasteiger partial charge >= 0.3 is 0 Å². The van der Waals surface area contributed by atoms with E-state index in [2.05, 4.69) is 13.8 Å². The van der Waals surface area contributed by atoms with E-state index in [0.29, 0.717) is 6.04 Å². The minimum absolute atomic E-state index is 0.500. The SMILES string of the molecule is CC1CC(C)CC(C2CCCCC(N)C2)C1. The molecule has 1 nitrogen and oxygen atoms in total. The molecule has 4 atom stereocenters. The Kier molecular flexibility index (Phi) is 4.29. The van der Waals surface area contributed by atoms with Gasteiger partial charge in [0.25, 0.3) is 0 Å². The minimum atomic E-state index is 0.500. The van der Waals surface area contributed by atoms with E-state index in [0.717, 1.165) is 23.7 Å². The summed E-state index contributed by atoms with van der Waals surface area (Å²) < 4.78 is 0. The average molecular weight is 223 g/mol. The molecular formula is C15H29N. The Morgan fingerprint density at radius 2 is 1.38 bits per heavy atom. The second-order valence-corrected chi connectivity index (χ2v) is 6.72. The van der Waals surface area contributed by atoms with Crippen LogP contribution in [0.3, 0.4) is 0 Å². The van der Waals surface area contributed by atoms with E-state index in [-0.39, 0.29) is 0 Å².